The van der Waals surface area contributed by atoms with E-state index in [1.165, 1.54) is 27.6 Å². The molecule has 1 amide bonds. The molecule has 3 N–H and O–H groups in total. The van der Waals surface area contributed by atoms with Gasteiger partial charge in [0.05, 0.1) is 5.92 Å². The highest BCUT2D eigenvalue weighted by Crippen LogP contribution is 2.38. The molecule has 2 atom stereocenters. The predicted octanol–water partition coefficient (Wildman–Crippen LogP) is 1.83. The highest BCUT2D eigenvalue weighted by molar-refractivity contribution is 5.99. The molecule has 21 heavy (non-hydrogen) atoms. The molecule has 4 heteroatoms. The van der Waals surface area contributed by atoms with Crippen molar-refractivity contribution in [1.82, 2.24) is 15.6 Å². The van der Waals surface area contributed by atoms with Gasteiger partial charge in [0.1, 0.15) is 0 Å². The second kappa shape index (κ2) is 4.74. The van der Waals surface area contributed by atoms with Crippen LogP contribution in [0.25, 0.3) is 16.5 Å². The number of hydrogen-bond acceptors (Lipinski definition) is 2. The van der Waals surface area contributed by atoms with Gasteiger partial charge in [0.2, 0.25) is 5.91 Å². The molecule has 4 rings (SSSR count). The first-order valence-electron chi connectivity index (χ1n) is 7.60. The number of H-pyrrole nitrogens is 1. The molecule has 0 radical (unpaired) electrons. The number of rotatable bonds is 2. The molecule has 2 heterocycles. The number of carbonyl (C=O) groups is 1. The number of nitrogens with one attached hydrogen (secondary N) is 3. The van der Waals surface area contributed by atoms with Crippen LogP contribution in [0.4, 0.5) is 0 Å². The number of aromatic nitrogens is 1. The summed E-state index contributed by atoms with van der Waals surface area (Å²) in [5.41, 5.74) is 5.09. The fourth-order valence-corrected chi connectivity index (χ4v) is 3.58. The molecule has 1 aromatic carbocycles. The van der Waals surface area contributed by atoms with Gasteiger partial charge in [-0.2, -0.15) is 0 Å². The minimum Gasteiger partial charge on any atom is -0.361 e. The number of carbonyl (C=O) groups excluding carboxylic acids is 1. The second-order valence-electron chi connectivity index (χ2n) is 5.83. The van der Waals surface area contributed by atoms with Crippen molar-refractivity contribution in [2.24, 2.45) is 5.92 Å². The minimum absolute atomic E-state index is 0.0769. The maximum atomic E-state index is 12.1. The third-order valence-electron chi connectivity index (χ3n) is 4.55. The third kappa shape index (κ3) is 1.90. The number of benzene rings is 1. The van der Waals surface area contributed by atoms with E-state index in [0.29, 0.717) is 12.6 Å². The summed E-state index contributed by atoms with van der Waals surface area (Å²) in [6.45, 7) is 3.35. The lowest BCUT2D eigenvalue weighted by Crippen LogP contribution is -2.45. The van der Waals surface area contributed by atoms with Crippen LogP contribution in [0.15, 0.2) is 30.5 Å². The summed E-state index contributed by atoms with van der Waals surface area (Å²) in [6.07, 6.45) is 5.27. The first kappa shape index (κ1) is 12.7. The molecule has 1 aliphatic carbocycles. The topological polar surface area (TPSA) is 56.9 Å². The quantitative estimate of drug-likeness (QED) is 0.786. The normalized spacial score (nSPS) is 23.6. The zero-order valence-electron chi connectivity index (χ0n) is 12.1. The summed E-state index contributed by atoms with van der Waals surface area (Å²) >= 11 is 0. The maximum Gasteiger partial charge on any atom is 0.228 e. The number of fused-ring (bicyclic) bond motifs is 2. The van der Waals surface area contributed by atoms with E-state index >= 15 is 0 Å². The molecular formula is C17H19N3O. The molecule has 2 aromatic rings. The number of hydrogen-bond donors (Lipinski definition) is 3. The summed E-state index contributed by atoms with van der Waals surface area (Å²) in [4.78, 5) is 15.5. The van der Waals surface area contributed by atoms with Gasteiger partial charge in [-0.1, -0.05) is 18.2 Å². The van der Waals surface area contributed by atoms with Crippen LogP contribution < -0.4 is 10.6 Å². The molecule has 1 aromatic heterocycles. The van der Waals surface area contributed by atoms with Gasteiger partial charge in [0, 0.05) is 36.2 Å². The van der Waals surface area contributed by atoms with E-state index in [9.17, 15) is 4.79 Å². The van der Waals surface area contributed by atoms with Crippen LogP contribution in [0.3, 0.4) is 0 Å². The molecule has 4 nitrogen and oxygen atoms in total. The van der Waals surface area contributed by atoms with Crippen molar-refractivity contribution in [2.75, 3.05) is 13.1 Å². The lowest BCUT2D eigenvalue weighted by molar-refractivity contribution is -0.123. The highest BCUT2D eigenvalue weighted by Gasteiger charge is 2.31. The van der Waals surface area contributed by atoms with Gasteiger partial charge in [0.25, 0.3) is 0 Å². The van der Waals surface area contributed by atoms with Gasteiger partial charge in [-0.25, -0.2) is 0 Å². The molecule has 1 aliphatic heterocycles. The Morgan fingerprint density at radius 1 is 1.43 bits per heavy atom. The minimum atomic E-state index is -0.0769. The smallest absolute Gasteiger partial charge is 0.228 e. The average molecular weight is 281 g/mol. The van der Waals surface area contributed by atoms with E-state index in [1.807, 2.05) is 6.92 Å². The summed E-state index contributed by atoms with van der Waals surface area (Å²) in [5, 5.41) is 7.78. The zero-order valence-corrected chi connectivity index (χ0v) is 12.1. The van der Waals surface area contributed by atoms with Gasteiger partial charge in [0.15, 0.2) is 0 Å². The van der Waals surface area contributed by atoms with Crippen molar-refractivity contribution in [3.05, 3.63) is 41.6 Å². The van der Waals surface area contributed by atoms with E-state index in [0.717, 1.165) is 13.0 Å². The van der Waals surface area contributed by atoms with Crippen LogP contribution in [0.5, 0.6) is 0 Å². The molecule has 108 valence electrons. The molecule has 0 saturated carbocycles. The van der Waals surface area contributed by atoms with Crippen LogP contribution in [-0.4, -0.2) is 30.0 Å². The van der Waals surface area contributed by atoms with E-state index in [4.69, 9.17) is 0 Å². The van der Waals surface area contributed by atoms with Crippen molar-refractivity contribution in [1.29, 1.82) is 0 Å². The van der Waals surface area contributed by atoms with Gasteiger partial charge in [-0.15, -0.1) is 0 Å². The Labute approximate surface area is 123 Å². The molecule has 2 aliphatic rings. The Morgan fingerprint density at radius 3 is 3.19 bits per heavy atom. The average Bonchev–Trinajstić information content (AvgIpc) is 2.92. The van der Waals surface area contributed by atoms with Crippen molar-refractivity contribution in [3.63, 3.8) is 0 Å². The largest absolute Gasteiger partial charge is 0.361 e. The Kier molecular flexibility index (Phi) is 2.86. The maximum absolute atomic E-state index is 12.1. The molecule has 0 unspecified atom stereocenters. The Hall–Kier alpha value is -2.07. The first-order chi connectivity index (χ1) is 10.3. The lowest BCUT2D eigenvalue weighted by atomic mass is 9.81. The lowest BCUT2D eigenvalue weighted by Gasteiger charge is -2.33. The van der Waals surface area contributed by atoms with Crippen LogP contribution in [0.2, 0.25) is 0 Å². The summed E-state index contributed by atoms with van der Waals surface area (Å²) in [7, 11) is 0. The highest BCUT2D eigenvalue weighted by atomic mass is 16.1. The van der Waals surface area contributed by atoms with Crippen molar-refractivity contribution in [3.8, 4) is 0 Å². The van der Waals surface area contributed by atoms with E-state index in [2.05, 4.69) is 46.1 Å². The molecular weight excluding hydrogens is 262 g/mol. The van der Waals surface area contributed by atoms with E-state index in [-0.39, 0.29) is 11.8 Å². The van der Waals surface area contributed by atoms with Gasteiger partial charge < -0.3 is 15.6 Å². The van der Waals surface area contributed by atoms with Gasteiger partial charge in [-0.3, -0.25) is 4.79 Å². The molecule has 0 bridgehead atoms. The fourth-order valence-electron chi connectivity index (χ4n) is 3.58. The predicted molar refractivity (Wildman–Crippen MR) is 83.9 cm³/mol. The van der Waals surface area contributed by atoms with Crippen LogP contribution in [0, 0.1) is 5.92 Å². The molecule has 0 spiro atoms. The Bertz CT molecular complexity index is 744. The Morgan fingerprint density at radius 2 is 2.33 bits per heavy atom. The standard InChI is InChI=1S/C17H19N3O/c1-2-18-17(21)11-6-13-12-4-3-5-14-16(12)10(8-19-14)7-15(13)20-9-11/h3-6,8,11,15,19-20H,2,7,9H2,1H3,(H,18,21)/t11-,15+/m1/s1. The van der Waals surface area contributed by atoms with Crippen LogP contribution in [0.1, 0.15) is 18.1 Å². The van der Waals surface area contributed by atoms with Crippen molar-refractivity contribution >= 4 is 22.4 Å². The second-order valence-corrected chi connectivity index (χ2v) is 5.83. The van der Waals surface area contributed by atoms with Crippen molar-refractivity contribution in [2.45, 2.75) is 19.4 Å². The number of amides is 1. The van der Waals surface area contributed by atoms with E-state index < -0.39 is 0 Å². The molecule has 0 saturated heterocycles. The summed E-state index contributed by atoms with van der Waals surface area (Å²) in [5.74, 6) is 0.0370. The van der Waals surface area contributed by atoms with Gasteiger partial charge in [-0.05, 0) is 36.1 Å². The van der Waals surface area contributed by atoms with Crippen LogP contribution in [-0.2, 0) is 11.2 Å². The third-order valence-corrected chi connectivity index (χ3v) is 4.55. The monoisotopic (exact) mass is 281 g/mol. The van der Waals surface area contributed by atoms with Crippen molar-refractivity contribution < 1.29 is 4.79 Å². The fraction of sp³-hybridized carbons (Fsp3) is 0.353. The summed E-state index contributed by atoms with van der Waals surface area (Å²) in [6, 6.07) is 6.68. The first-order valence-corrected chi connectivity index (χ1v) is 7.60. The summed E-state index contributed by atoms with van der Waals surface area (Å²) < 4.78 is 0. The van der Waals surface area contributed by atoms with Crippen LogP contribution >= 0.6 is 0 Å². The van der Waals surface area contributed by atoms with E-state index in [1.54, 1.807) is 0 Å². The number of aromatic amines is 1. The van der Waals surface area contributed by atoms with Gasteiger partial charge >= 0.3 is 0 Å². The SMILES string of the molecule is CCNC(=O)[C@@H]1C=C2c3cccc4[nH]cc(c34)C[C@@H]2NC1. The zero-order chi connectivity index (χ0) is 14.4. The molecule has 0 fully saturated rings. The Balaban J connectivity index is 1.81.